The first kappa shape index (κ1) is 12.7. The van der Waals surface area contributed by atoms with E-state index in [1.165, 1.54) is 0 Å². The first-order valence-corrected chi connectivity index (χ1v) is 5.61. The van der Waals surface area contributed by atoms with Crippen LogP contribution in [0.5, 0.6) is 0 Å². The van der Waals surface area contributed by atoms with Crippen LogP contribution in [0.25, 0.3) is 0 Å². The summed E-state index contributed by atoms with van der Waals surface area (Å²) >= 11 is 0. The Labute approximate surface area is 96.0 Å². The van der Waals surface area contributed by atoms with Gasteiger partial charge in [0.15, 0.2) is 0 Å². The lowest BCUT2D eigenvalue weighted by Gasteiger charge is -2.12. The fourth-order valence-corrected chi connectivity index (χ4v) is 1.37. The minimum atomic E-state index is -0.0680. The molecule has 5 heteroatoms. The lowest BCUT2D eigenvalue weighted by Crippen LogP contribution is -2.32. The molecule has 16 heavy (non-hydrogen) atoms. The summed E-state index contributed by atoms with van der Waals surface area (Å²) in [5.74, 6) is 0.821. The monoisotopic (exact) mass is 224 g/mol. The molecular weight excluding hydrogens is 204 g/mol. The van der Waals surface area contributed by atoms with Crippen LogP contribution in [-0.2, 0) is 4.79 Å². The van der Waals surface area contributed by atoms with Crippen LogP contribution in [0, 0.1) is 0 Å². The zero-order valence-electron chi connectivity index (χ0n) is 10.1. The van der Waals surface area contributed by atoms with Crippen molar-refractivity contribution in [1.29, 1.82) is 0 Å². The summed E-state index contributed by atoms with van der Waals surface area (Å²) in [6, 6.07) is 0.344. The number of H-pyrrole nitrogens is 1. The van der Waals surface area contributed by atoms with Gasteiger partial charge in [-0.2, -0.15) is 0 Å². The Morgan fingerprint density at radius 2 is 2.25 bits per heavy atom. The lowest BCUT2D eigenvalue weighted by atomic mass is 10.3. The third-order valence-corrected chi connectivity index (χ3v) is 2.21. The van der Waals surface area contributed by atoms with E-state index < -0.39 is 0 Å². The Morgan fingerprint density at radius 1 is 1.50 bits per heavy atom. The molecule has 90 valence electrons. The van der Waals surface area contributed by atoms with Crippen LogP contribution < -0.4 is 10.6 Å². The van der Waals surface area contributed by atoms with Gasteiger partial charge in [0, 0.05) is 31.4 Å². The summed E-state index contributed by atoms with van der Waals surface area (Å²) in [7, 11) is 0. The van der Waals surface area contributed by atoms with Gasteiger partial charge in [0.05, 0.1) is 6.04 Å². The number of aromatic amines is 1. The van der Waals surface area contributed by atoms with Gasteiger partial charge in [0.25, 0.3) is 0 Å². The number of rotatable bonds is 6. The number of nitrogens with one attached hydrogen (secondary N) is 3. The fraction of sp³-hybridized carbons (Fsp3) is 0.636. The van der Waals surface area contributed by atoms with Crippen LogP contribution in [0.3, 0.4) is 0 Å². The number of nitrogens with zero attached hydrogens (tertiary/aromatic N) is 1. The van der Waals surface area contributed by atoms with Crippen molar-refractivity contribution in [3.8, 4) is 0 Å². The first-order chi connectivity index (χ1) is 7.59. The molecule has 0 saturated heterocycles. The highest BCUT2D eigenvalue weighted by atomic mass is 16.1. The molecule has 1 amide bonds. The molecule has 0 aromatic carbocycles. The maximum atomic E-state index is 11.5. The van der Waals surface area contributed by atoms with E-state index in [9.17, 15) is 4.79 Å². The maximum absolute atomic E-state index is 11.5. The van der Waals surface area contributed by atoms with Crippen LogP contribution in [0.15, 0.2) is 12.4 Å². The Hall–Kier alpha value is -1.36. The standard InChI is InChI=1S/C11H20N4O/c1-8(2)12-5-4-10(16)15-9(3)11-13-6-7-14-11/h6-9,12H,4-5H2,1-3H3,(H,13,14)(H,15,16). The van der Waals surface area contributed by atoms with Gasteiger partial charge >= 0.3 is 0 Å². The van der Waals surface area contributed by atoms with Crippen molar-refractivity contribution >= 4 is 5.91 Å². The molecule has 1 heterocycles. The maximum Gasteiger partial charge on any atom is 0.221 e. The number of hydrogen-bond donors (Lipinski definition) is 3. The van der Waals surface area contributed by atoms with E-state index in [1.54, 1.807) is 12.4 Å². The highest BCUT2D eigenvalue weighted by Gasteiger charge is 2.10. The van der Waals surface area contributed by atoms with Crippen LogP contribution >= 0.6 is 0 Å². The van der Waals surface area contributed by atoms with Crippen LogP contribution in [0.2, 0.25) is 0 Å². The molecule has 0 aliphatic heterocycles. The molecule has 5 nitrogen and oxygen atoms in total. The summed E-state index contributed by atoms with van der Waals surface area (Å²) in [5, 5.41) is 6.08. The van der Waals surface area contributed by atoms with E-state index in [0.29, 0.717) is 19.0 Å². The normalized spacial score (nSPS) is 12.8. The molecule has 3 N–H and O–H groups in total. The second kappa shape index (κ2) is 6.27. The Kier molecular flexibility index (Phi) is 4.98. The first-order valence-electron chi connectivity index (χ1n) is 5.61. The minimum Gasteiger partial charge on any atom is -0.347 e. The van der Waals surface area contributed by atoms with Crippen molar-refractivity contribution in [3.63, 3.8) is 0 Å². The van der Waals surface area contributed by atoms with Gasteiger partial charge < -0.3 is 15.6 Å². The predicted octanol–water partition coefficient (Wildman–Crippen LogP) is 0.975. The third-order valence-electron chi connectivity index (χ3n) is 2.21. The van der Waals surface area contributed by atoms with Crippen molar-refractivity contribution in [1.82, 2.24) is 20.6 Å². The van der Waals surface area contributed by atoms with Gasteiger partial charge in [-0.25, -0.2) is 4.98 Å². The van der Waals surface area contributed by atoms with Gasteiger partial charge in [-0.15, -0.1) is 0 Å². The van der Waals surface area contributed by atoms with Gasteiger partial charge in [-0.3, -0.25) is 4.79 Å². The zero-order valence-corrected chi connectivity index (χ0v) is 10.1. The van der Waals surface area contributed by atoms with Crippen molar-refractivity contribution in [3.05, 3.63) is 18.2 Å². The SMILES string of the molecule is CC(C)NCCC(=O)NC(C)c1ncc[nH]1. The Morgan fingerprint density at radius 3 is 2.81 bits per heavy atom. The molecule has 1 rings (SSSR count). The van der Waals surface area contributed by atoms with Crippen LogP contribution in [-0.4, -0.2) is 28.5 Å². The highest BCUT2D eigenvalue weighted by Crippen LogP contribution is 2.04. The topological polar surface area (TPSA) is 69.8 Å². The predicted molar refractivity (Wildman–Crippen MR) is 62.9 cm³/mol. The summed E-state index contributed by atoms with van der Waals surface area (Å²) in [4.78, 5) is 18.6. The number of aromatic nitrogens is 2. The molecule has 0 aliphatic rings. The van der Waals surface area contributed by atoms with E-state index in [1.807, 2.05) is 6.92 Å². The number of hydrogen-bond acceptors (Lipinski definition) is 3. The third kappa shape index (κ3) is 4.44. The number of carbonyl (C=O) groups excluding carboxylic acids is 1. The second-order valence-electron chi connectivity index (χ2n) is 4.12. The minimum absolute atomic E-state index is 0.0389. The molecule has 0 saturated carbocycles. The van der Waals surface area contributed by atoms with E-state index in [4.69, 9.17) is 0 Å². The van der Waals surface area contributed by atoms with Gasteiger partial charge in [-0.1, -0.05) is 13.8 Å². The van der Waals surface area contributed by atoms with Gasteiger partial charge in [0.1, 0.15) is 5.82 Å². The molecule has 0 radical (unpaired) electrons. The largest absolute Gasteiger partial charge is 0.347 e. The van der Waals surface area contributed by atoms with Crippen LogP contribution in [0.4, 0.5) is 0 Å². The summed E-state index contributed by atoms with van der Waals surface area (Å²) < 4.78 is 0. The van der Waals surface area contributed by atoms with E-state index in [0.717, 1.165) is 5.82 Å². The van der Waals surface area contributed by atoms with Crippen molar-refractivity contribution in [2.24, 2.45) is 0 Å². The van der Waals surface area contributed by atoms with Crippen LogP contribution in [0.1, 0.15) is 39.1 Å². The number of carbonyl (C=O) groups is 1. The highest BCUT2D eigenvalue weighted by molar-refractivity contribution is 5.76. The molecular formula is C11H20N4O. The van der Waals surface area contributed by atoms with Crippen molar-refractivity contribution in [2.75, 3.05) is 6.54 Å². The number of amides is 1. The number of imidazole rings is 1. The molecule has 1 unspecified atom stereocenters. The molecule has 1 aromatic heterocycles. The summed E-state index contributed by atoms with van der Waals surface area (Å²) in [6.45, 7) is 6.73. The van der Waals surface area contributed by atoms with E-state index in [2.05, 4.69) is 34.4 Å². The smallest absolute Gasteiger partial charge is 0.221 e. The Balaban J connectivity index is 2.24. The summed E-state index contributed by atoms with van der Waals surface area (Å²) in [6.07, 6.45) is 3.92. The molecule has 0 aliphatic carbocycles. The van der Waals surface area contributed by atoms with E-state index in [-0.39, 0.29) is 11.9 Å². The lowest BCUT2D eigenvalue weighted by molar-refractivity contribution is -0.121. The quantitative estimate of drug-likeness (QED) is 0.674. The summed E-state index contributed by atoms with van der Waals surface area (Å²) in [5.41, 5.74) is 0. The molecule has 1 atom stereocenters. The van der Waals surface area contributed by atoms with Crippen molar-refractivity contribution in [2.45, 2.75) is 39.3 Å². The Bertz CT molecular complexity index is 308. The molecule has 0 bridgehead atoms. The zero-order chi connectivity index (χ0) is 12.0. The molecule has 0 spiro atoms. The van der Waals surface area contributed by atoms with Gasteiger partial charge in [-0.05, 0) is 6.92 Å². The average Bonchev–Trinajstić information content (AvgIpc) is 2.69. The van der Waals surface area contributed by atoms with E-state index >= 15 is 0 Å². The van der Waals surface area contributed by atoms with Crippen molar-refractivity contribution < 1.29 is 4.79 Å². The van der Waals surface area contributed by atoms with Gasteiger partial charge in [0.2, 0.25) is 5.91 Å². The second-order valence-corrected chi connectivity index (χ2v) is 4.12. The average molecular weight is 224 g/mol. The molecule has 1 aromatic rings. The fourth-order valence-electron chi connectivity index (χ4n) is 1.37. The molecule has 0 fully saturated rings.